The summed E-state index contributed by atoms with van der Waals surface area (Å²) in [5.41, 5.74) is 5.58. The van der Waals surface area contributed by atoms with Gasteiger partial charge in [0.05, 0.1) is 13.4 Å². The average Bonchev–Trinajstić information content (AvgIpc) is 3.13. The number of ether oxygens (including phenoxy) is 1. The molecule has 1 heterocycles. The number of amides is 1. The van der Waals surface area contributed by atoms with Crippen LogP contribution in [0.25, 0.3) is 27.7 Å². The predicted octanol–water partition coefficient (Wildman–Crippen LogP) is 6.45. The Balaban J connectivity index is 2.17. The molecule has 2 aromatic carbocycles. The molecule has 1 aromatic heterocycles. The van der Waals surface area contributed by atoms with Gasteiger partial charge in [0, 0.05) is 45.7 Å². The molecule has 0 unspecified atom stereocenters. The van der Waals surface area contributed by atoms with Gasteiger partial charge in [0.25, 0.3) is 0 Å². The lowest BCUT2D eigenvalue weighted by Gasteiger charge is -2.18. The molecule has 3 rings (SSSR count). The fourth-order valence-corrected chi connectivity index (χ4v) is 3.88. The number of carbonyl (C=O) groups excluding carboxylic acids is 1. The first-order valence-corrected chi connectivity index (χ1v) is 10.5. The molecule has 29 heavy (non-hydrogen) atoms. The van der Waals surface area contributed by atoms with E-state index in [4.69, 9.17) is 9.15 Å². The van der Waals surface area contributed by atoms with Crippen molar-refractivity contribution < 1.29 is 13.9 Å². The van der Waals surface area contributed by atoms with Crippen molar-refractivity contribution in [2.24, 2.45) is 0 Å². The fraction of sp³-hybridized carbons (Fsp3) is 0.292. The lowest BCUT2D eigenvalue weighted by Crippen LogP contribution is -2.28. The molecule has 0 atom stereocenters. The minimum Gasteiger partial charge on any atom is -0.496 e. The van der Waals surface area contributed by atoms with E-state index in [0.717, 1.165) is 49.0 Å². The van der Waals surface area contributed by atoms with E-state index in [-0.39, 0.29) is 5.91 Å². The van der Waals surface area contributed by atoms with E-state index in [9.17, 15) is 4.79 Å². The molecule has 0 bridgehead atoms. The molecule has 0 aliphatic rings. The summed E-state index contributed by atoms with van der Waals surface area (Å²) in [6, 6.07) is 10.2. The van der Waals surface area contributed by atoms with Gasteiger partial charge in [-0.25, -0.2) is 0 Å². The van der Waals surface area contributed by atoms with Crippen molar-refractivity contribution in [1.29, 1.82) is 0 Å². The second kappa shape index (κ2) is 8.87. The summed E-state index contributed by atoms with van der Waals surface area (Å²) in [5.74, 6) is 0.739. The zero-order valence-corrected chi connectivity index (χ0v) is 19.1. The number of fused-ring (bicyclic) bond motifs is 1. The number of benzene rings is 2. The largest absolute Gasteiger partial charge is 0.496 e. The maximum atomic E-state index is 12.6. The van der Waals surface area contributed by atoms with E-state index in [2.05, 4.69) is 34.1 Å². The normalized spacial score (nSPS) is 11.7. The number of rotatable bonds is 6. The Morgan fingerprint density at radius 3 is 2.45 bits per heavy atom. The van der Waals surface area contributed by atoms with Crippen LogP contribution in [-0.4, -0.2) is 31.0 Å². The highest BCUT2D eigenvalue weighted by Crippen LogP contribution is 2.40. The maximum Gasteiger partial charge on any atom is 0.246 e. The maximum absolute atomic E-state index is 12.6. The van der Waals surface area contributed by atoms with Gasteiger partial charge in [0.2, 0.25) is 5.91 Å². The Labute approximate surface area is 180 Å². The second-order valence-electron chi connectivity index (χ2n) is 6.95. The average molecular weight is 456 g/mol. The summed E-state index contributed by atoms with van der Waals surface area (Å²) in [6.45, 7) is 9.27. The monoisotopic (exact) mass is 455 g/mol. The van der Waals surface area contributed by atoms with E-state index in [1.807, 2.05) is 39.8 Å². The van der Waals surface area contributed by atoms with Crippen molar-refractivity contribution in [1.82, 2.24) is 4.90 Å². The molecule has 1 amide bonds. The number of hydrogen-bond donors (Lipinski definition) is 0. The van der Waals surface area contributed by atoms with Gasteiger partial charge >= 0.3 is 0 Å². The summed E-state index contributed by atoms with van der Waals surface area (Å²) in [4.78, 5) is 14.4. The molecular formula is C24H26BrNO3. The molecule has 0 aliphatic carbocycles. The van der Waals surface area contributed by atoms with E-state index < -0.39 is 0 Å². The van der Waals surface area contributed by atoms with Crippen LogP contribution < -0.4 is 4.74 Å². The number of methoxy groups -OCH3 is 1. The van der Waals surface area contributed by atoms with Gasteiger partial charge in [-0.05, 0) is 57.0 Å². The van der Waals surface area contributed by atoms with Crippen molar-refractivity contribution in [2.75, 3.05) is 20.2 Å². The number of furan rings is 1. The Bertz CT molecular complexity index is 1060. The first-order chi connectivity index (χ1) is 13.9. The number of nitrogens with zero attached hydrogens (tertiary/aromatic N) is 1. The summed E-state index contributed by atoms with van der Waals surface area (Å²) >= 11 is 3.48. The Morgan fingerprint density at radius 1 is 1.21 bits per heavy atom. The number of allylic oxidation sites excluding steroid dienone is 1. The van der Waals surface area contributed by atoms with Gasteiger partial charge in [-0.15, -0.1) is 0 Å². The number of carbonyl (C=O) groups is 1. The highest BCUT2D eigenvalue weighted by molar-refractivity contribution is 9.10. The summed E-state index contributed by atoms with van der Waals surface area (Å²) in [7, 11) is 1.65. The first-order valence-electron chi connectivity index (χ1n) is 9.73. The Hall–Kier alpha value is -2.53. The van der Waals surface area contributed by atoms with Crippen molar-refractivity contribution in [3.05, 3.63) is 58.3 Å². The van der Waals surface area contributed by atoms with Crippen LogP contribution in [0.3, 0.4) is 0 Å². The SMILES string of the molecule is CCN(CC)C(=O)/C=C(\C)c1cc2c(-c3ccc(Br)cc3)coc2c(C)c1OC. The van der Waals surface area contributed by atoms with E-state index in [1.165, 1.54) is 0 Å². The van der Waals surface area contributed by atoms with Crippen LogP contribution in [-0.2, 0) is 4.79 Å². The van der Waals surface area contributed by atoms with Gasteiger partial charge in [0.15, 0.2) is 0 Å². The number of aryl methyl sites for hydroxylation is 1. The molecule has 3 aromatic rings. The number of hydrogen-bond acceptors (Lipinski definition) is 3. The zero-order valence-electron chi connectivity index (χ0n) is 17.5. The third-order valence-corrected chi connectivity index (χ3v) is 5.77. The summed E-state index contributed by atoms with van der Waals surface area (Å²) in [5, 5.41) is 1.00. The molecule has 4 nitrogen and oxygen atoms in total. The Kier molecular flexibility index (Phi) is 6.48. The van der Waals surface area contributed by atoms with Crippen LogP contribution in [0.1, 0.15) is 31.9 Å². The smallest absolute Gasteiger partial charge is 0.246 e. The minimum atomic E-state index is 0.00706. The van der Waals surface area contributed by atoms with Crippen molar-refractivity contribution in [3.63, 3.8) is 0 Å². The van der Waals surface area contributed by atoms with Gasteiger partial charge in [0.1, 0.15) is 11.3 Å². The quantitative estimate of drug-likeness (QED) is 0.401. The van der Waals surface area contributed by atoms with Gasteiger partial charge in [-0.1, -0.05) is 28.1 Å². The predicted molar refractivity (Wildman–Crippen MR) is 122 cm³/mol. The number of likely N-dealkylation sites (N-methyl/N-ethyl adjacent to an activating group) is 1. The number of halogens is 1. The molecule has 0 fully saturated rings. The minimum absolute atomic E-state index is 0.00706. The third-order valence-electron chi connectivity index (χ3n) is 5.24. The molecule has 0 N–H and O–H groups in total. The molecular weight excluding hydrogens is 430 g/mol. The standard InChI is InChI=1S/C24H26BrNO3/c1-6-26(7-2)22(27)12-15(3)19-13-20-21(17-8-10-18(25)11-9-17)14-29-24(20)16(4)23(19)28-5/h8-14H,6-7H2,1-5H3/b15-12+. The van der Waals surface area contributed by atoms with Gasteiger partial charge in [-0.3, -0.25) is 4.79 Å². The topological polar surface area (TPSA) is 42.7 Å². The van der Waals surface area contributed by atoms with E-state index in [0.29, 0.717) is 13.1 Å². The molecule has 5 heteroatoms. The van der Waals surface area contributed by atoms with Gasteiger partial charge in [-0.2, -0.15) is 0 Å². The molecule has 152 valence electrons. The lowest BCUT2D eigenvalue weighted by atomic mass is 9.96. The third kappa shape index (κ3) is 4.10. The summed E-state index contributed by atoms with van der Waals surface area (Å²) < 4.78 is 12.6. The lowest BCUT2D eigenvalue weighted by molar-refractivity contribution is -0.125. The zero-order chi connectivity index (χ0) is 21.1. The highest BCUT2D eigenvalue weighted by Gasteiger charge is 2.19. The molecule has 0 saturated heterocycles. The van der Waals surface area contributed by atoms with Crippen molar-refractivity contribution >= 4 is 38.4 Å². The first kappa shape index (κ1) is 21.2. The van der Waals surface area contributed by atoms with Crippen LogP contribution in [0.15, 0.2) is 51.6 Å². The van der Waals surface area contributed by atoms with Crippen molar-refractivity contribution in [3.8, 4) is 16.9 Å². The van der Waals surface area contributed by atoms with Crippen LogP contribution in [0.4, 0.5) is 0 Å². The summed E-state index contributed by atoms with van der Waals surface area (Å²) in [6.07, 6.45) is 3.47. The van der Waals surface area contributed by atoms with Gasteiger partial charge < -0.3 is 14.1 Å². The Morgan fingerprint density at radius 2 is 1.86 bits per heavy atom. The van der Waals surface area contributed by atoms with Crippen LogP contribution in [0.2, 0.25) is 0 Å². The van der Waals surface area contributed by atoms with E-state index >= 15 is 0 Å². The second-order valence-corrected chi connectivity index (χ2v) is 7.87. The molecule has 0 aliphatic heterocycles. The van der Waals surface area contributed by atoms with E-state index in [1.54, 1.807) is 24.3 Å². The molecule has 0 saturated carbocycles. The van der Waals surface area contributed by atoms with Crippen molar-refractivity contribution in [2.45, 2.75) is 27.7 Å². The molecule has 0 spiro atoms. The fourth-order valence-electron chi connectivity index (χ4n) is 3.61. The van der Waals surface area contributed by atoms with Crippen LogP contribution in [0.5, 0.6) is 5.75 Å². The van der Waals surface area contributed by atoms with Crippen LogP contribution in [0, 0.1) is 6.92 Å². The highest BCUT2D eigenvalue weighted by atomic mass is 79.9. The van der Waals surface area contributed by atoms with Crippen LogP contribution >= 0.6 is 15.9 Å². The molecule has 0 radical (unpaired) electrons.